The summed E-state index contributed by atoms with van der Waals surface area (Å²) in [5.41, 5.74) is 0. The highest BCUT2D eigenvalue weighted by molar-refractivity contribution is 5.77. The van der Waals surface area contributed by atoms with Crippen molar-refractivity contribution in [2.45, 2.75) is 244 Å². The molecule has 0 aromatic carbocycles. The molecule has 0 bridgehead atoms. The number of aliphatic hydroxyl groups excluding tert-OH is 2. The molecule has 63 heavy (non-hydrogen) atoms. The Labute approximate surface area is 388 Å². The molecular formula is C57H97NO5. The van der Waals surface area contributed by atoms with Gasteiger partial charge in [0.25, 0.3) is 0 Å². The Morgan fingerprint density at radius 2 is 0.937 bits per heavy atom. The molecule has 1 amide bonds. The lowest BCUT2D eigenvalue weighted by molar-refractivity contribution is -0.150. The Balaban J connectivity index is 4.76. The molecule has 0 saturated heterocycles. The van der Waals surface area contributed by atoms with Crippen molar-refractivity contribution in [1.82, 2.24) is 5.32 Å². The van der Waals surface area contributed by atoms with Gasteiger partial charge in [-0.2, -0.15) is 0 Å². The standard InChI is InChI=1S/C57H97NO5/c1-4-7-10-13-16-19-22-25-27-29-32-34-37-40-43-46-49-55(60)54(52-59)58-56(61)51-53(48-45-42-39-36-33-31-28-26-23-20-17-14-11-8-5-2)63-57(62)50-47-44-41-38-35-30-24-21-18-15-12-9-6-3/h8,11,14,17,20,23,26,28,30-31,33,35-36,39,41,44,53-55,59-60H,4-7,9-10,12-13,15-16,18-19,21-22,24-25,27,29,32,34,37-38,40,42-43,45-52H2,1-3H3,(H,58,61)/b11-8-,17-14+,23-20+,28-26-,33-31+,35-30-,39-36+,44-41+. The Morgan fingerprint density at radius 3 is 1.44 bits per heavy atom. The van der Waals surface area contributed by atoms with Gasteiger partial charge in [0.2, 0.25) is 5.91 Å². The zero-order chi connectivity index (χ0) is 45.9. The summed E-state index contributed by atoms with van der Waals surface area (Å²) < 4.78 is 5.85. The molecule has 0 rings (SSSR count). The fourth-order valence-corrected chi connectivity index (χ4v) is 7.40. The van der Waals surface area contributed by atoms with E-state index < -0.39 is 18.2 Å². The summed E-state index contributed by atoms with van der Waals surface area (Å²) in [5.74, 6) is -0.636. The molecule has 3 unspecified atom stereocenters. The number of amides is 1. The molecule has 6 heteroatoms. The smallest absolute Gasteiger partial charge is 0.306 e. The normalized spacial score (nSPS) is 14.0. The van der Waals surface area contributed by atoms with Gasteiger partial charge in [0, 0.05) is 6.42 Å². The molecule has 0 saturated carbocycles. The minimum absolute atomic E-state index is 0.000740. The van der Waals surface area contributed by atoms with Gasteiger partial charge in [0.15, 0.2) is 0 Å². The van der Waals surface area contributed by atoms with Gasteiger partial charge in [-0.1, -0.05) is 253 Å². The van der Waals surface area contributed by atoms with E-state index >= 15 is 0 Å². The molecule has 0 heterocycles. The summed E-state index contributed by atoms with van der Waals surface area (Å²) >= 11 is 0. The number of carbonyl (C=O) groups excluding carboxylic acids is 2. The average Bonchev–Trinajstić information content (AvgIpc) is 3.28. The van der Waals surface area contributed by atoms with Crippen molar-refractivity contribution in [3.05, 3.63) is 97.2 Å². The zero-order valence-electron chi connectivity index (χ0n) is 40.9. The van der Waals surface area contributed by atoms with Crippen LogP contribution < -0.4 is 5.32 Å². The molecule has 0 spiro atoms. The Kier molecular flexibility index (Phi) is 47.2. The second kappa shape index (κ2) is 49.8. The number of aliphatic hydroxyl groups is 2. The summed E-state index contributed by atoms with van der Waals surface area (Å²) in [5, 5.41) is 23.8. The summed E-state index contributed by atoms with van der Waals surface area (Å²) in [4.78, 5) is 26.1. The number of rotatable bonds is 45. The quantitative estimate of drug-likeness (QED) is 0.0245. The molecule has 6 nitrogen and oxygen atoms in total. The first-order valence-corrected chi connectivity index (χ1v) is 26.0. The molecule has 3 atom stereocenters. The topological polar surface area (TPSA) is 95.9 Å². The number of esters is 1. The van der Waals surface area contributed by atoms with Crippen molar-refractivity contribution in [2.24, 2.45) is 0 Å². The molecule has 0 aliphatic heterocycles. The minimum atomic E-state index is -0.822. The van der Waals surface area contributed by atoms with Crippen LogP contribution in [0.15, 0.2) is 97.2 Å². The van der Waals surface area contributed by atoms with Crippen molar-refractivity contribution in [3.63, 3.8) is 0 Å². The van der Waals surface area contributed by atoms with Gasteiger partial charge in [0.1, 0.15) is 6.10 Å². The van der Waals surface area contributed by atoms with E-state index in [4.69, 9.17) is 4.74 Å². The summed E-state index contributed by atoms with van der Waals surface area (Å²) in [6, 6.07) is -0.742. The maximum Gasteiger partial charge on any atom is 0.306 e. The Hall–Kier alpha value is -3.22. The maximum absolute atomic E-state index is 13.2. The van der Waals surface area contributed by atoms with Crippen molar-refractivity contribution in [2.75, 3.05) is 6.61 Å². The molecule has 360 valence electrons. The molecule has 0 fully saturated rings. The molecule has 0 aromatic heterocycles. The third kappa shape index (κ3) is 45.2. The number of ether oxygens (including phenoxy) is 1. The Morgan fingerprint density at radius 1 is 0.492 bits per heavy atom. The van der Waals surface area contributed by atoms with Crippen LogP contribution in [-0.2, 0) is 14.3 Å². The van der Waals surface area contributed by atoms with Crippen LogP contribution in [0.1, 0.15) is 226 Å². The van der Waals surface area contributed by atoms with Crippen molar-refractivity contribution < 1.29 is 24.5 Å². The van der Waals surface area contributed by atoms with Gasteiger partial charge >= 0.3 is 5.97 Å². The molecular weight excluding hydrogens is 779 g/mol. The molecule has 0 radical (unpaired) electrons. The van der Waals surface area contributed by atoms with Crippen LogP contribution in [0.25, 0.3) is 0 Å². The van der Waals surface area contributed by atoms with Crippen LogP contribution in [0.3, 0.4) is 0 Å². The summed E-state index contributed by atoms with van der Waals surface area (Å²) in [6.45, 7) is 6.29. The highest BCUT2D eigenvalue weighted by Crippen LogP contribution is 2.16. The van der Waals surface area contributed by atoms with Crippen LogP contribution in [0.4, 0.5) is 0 Å². The first-order valence-electron chi connectivity index (χ1n) is 26.0. The predicted molar refractivity (Wildman–Crippen MR) is 273 cm³/mol. The van der Waals surface area contributed by atoms with Crippen molar-refractivity contribution in [1.29, 1.82) is 0 Å². The highest BCUT2D eigenvalue weighted by Gasteiger charge is 2.23. The lowest BCUT2D eigenvalue weighted by Gasteiger charge is -2.24. The largest absolute Gasteiger partial charge is 0.462 e. The monoisotopic (exact) mass is 876 g/mol. The molecule has 3 N–H and O–H groups in total. The molecule has 0 aromatic rings. The minimum Gasteiger partial charge on any atom is -0.462 e. The van der Waals surface area contributed by atoms with Gasteiger partial charge < -0.3 is 20.3 Å². The van der Waals surface area contributed by atoms with Crippen LogP contribution in [0, 0.1) is 0 Å². The number of hydrogen-bond donors (Lipinski definition) is 3. The van der Waals surface area contributed by atoms with Gasteiger partial charge in [-0.15, -0.1) is 0 Å². The Bertz CT molecular complexity index is 1260. The number of allylic oxidation sites excluding steroid dienone is 16. The number of carbonyl (C=O) groups is 2. The lowest BCUT2D eigenvalue weighted by Crippen LogP contribution is -2.46. The van der Waals surface area contributed by atoms with Gasteiger partial charge in [0.05, 0.1) is 25.2 Å². The van der Waals surface area contributed by atoms with E-state index in [-0.39, 0.29) is 31.3 Å². The highest BCUT2D eigenvalue weighted by atomic mass is 16.5. The van der Waals surface area contributed by atoms with Crippen molar-refractivity contribution >= 4 is 11.9 Å². The SMILES string of the molecule is CC\C=C/C=C/C=C/C=C\C=C\C=C\CCCC(CC(=O)NC(CO)C(O)CCCCCCCCCCCCCCCCCC)OC(=O)CC/C=C/C/C=C\CCCCCCCC. The predicted octanol–water partition coefficient (Wildman–Crippen LogP) is 15.7. The van der Waals surface area contributed by atoms with E-state index in [1.54, 1.807) is 0 Å². The second-order valence-corrected chi connectivity index (χ2v) is 17.3. The lowest BCUT2D eigenvalue weighted by atomic mass is 10.0. The van der Waals surface area contributed by atoms with E-state index in [9.17, 15) is 19.8 Å². The number of unbranched alkanes of at least 4 members (excludes halogenated alkanes) is 22. The maximum atomic E-state index is 13.2. The van der Waals surface area contributed by atoms with E-state index in [0.717, 1.165) is 51.4 Å². The summed E-state index contributed by atoms with van der Waals surface area (Å²) in [7, 11) is 0. The van der Waals surface area contributed by atoms with Crippen LogP contribution in [0.5, 0.6) is 0 Å². The van der Waals surface area contributed by atoms with Gasteiger partial charge in [-0.05, 0) is 57.8 Å². The first kappa shape index (κ1) is 59.8. The van der Waals surface area contributed by atoms with E-state index in [1.807, 2.05) is 66.8 Å². The van der Waals surface area contributed by atoms with E-state index in [1.165, 1.54) is 122 Å². The van der Waals surface area contributed by atoms with Gasteiger partial charge in [-0.25, -0.2) is 0 Å². The fourth-order valence-electron chi connectivity index (χ4n) is 7.40. The number of hydrogen-bond acceptors (Lipinski definition) is 5. The van der Waals surface area contributed by atoms with E-state index in [2.05, 4.69) is 56.5 Å². The molecule has 0 aliphatic carbocycles. The number of nitrogens with one attached hydrogen (secondary N) is 1. The zero-order valence-corrected chi connectivity index (χ0v) is 40.9. The van der Waals surface area contributed by atoms with Crippen LogP contribution in [0.2, 0.25) is 0 Å². The molecule has 0 aliphatic rings. The summed E-state index contributed by atoms with van der Waals surface area (Å²) in [6.07, 6.45) is 66.2. The van der Waals surface area contributed by atoms with E-state index in [0.29, 0.717) is 19.3 Å². The van der Waals surface area contributed by atoms with Gasteiger partial charge in [-0.3, -0.25) is 9.59 Å². The third-order valence-electron chi connectivity index (χ3n) is 11.3. The van der Waals surface area contributed by atoms with Crippen molar-refractivity contribution in [3.8, 4) is 0 Å². The fraction of sp³-hybridized carbons (Fsp3) is 0.684. The first-order chi connectivity index (χ1) is 31.0. The third-order valence-corrected chi connectivity index (χ3v) is 11.3. The second-order valence-electron chi connectivity index (χ2n) is 17.3. The average molecular weight is 876 g/mol. The van der Waals surface area contributed by atoms with Crippen LogP contribution in [-0.4, -0.2) is 46.9 Å². The van der Waals surface area contributed by atoms with Crippen LogP contribution >= 0.6 is 0 Å².